The molecule has 2 aliphatic heterocycles. The lowest BCUT2D eigenvalue weighted by Gasteiger charge is -2.29. The number of hydrogen-bond acceptors (Lipinski definition) is 6. The molecule has 7 nitrogen and oxygen atoms in total. The standard InChI is InChI=1S/C25H27BrN2O5/c1-32-20-5-2-4-18(16-20)23(29)21-22(17-6-8-19(26)9-7-17)28(25(31)24(21)30)11-3-10-27-12-14-33-15-13-27/h2,4-9,16,22,29H,3,10-15H2,1H3/b23-21+/t22-/m1/s1. The number of morpholine rings is 1. The Bertz CT molecular complexity index is 1050. The van der Waals surface area contributed by atoms with Crippen LogP contribution in [0.3, 0.4) is 0 Å². The third kappa shape index (κ3) is 5.13. The number of rotatable bonds is 7. The molecule has 2 fully saturated rings. The molecule has 4 rings (SSSR count). The molecule has 174 valence electrons. The van der Waals surface area contributed by atoms with Crippen LogP contribution >= 0.6 is 15.9 Å². The van der Waals surface area contributed by atoms with Gasteiger partial charge in [0.05, 0.1) is 31.9 Å². The van der Waals surface area contributed by atoms with Crippen LogP contribution in [0.1, 0.15) is 23.6 Å². The molecule has 2 heterocycles. The summed E-state index contributed by atoms with van der Waals surface area (Å²) in [6, 6.07) is 13.7. The minimum Gasteiger partial charge on any atom is -0.507 e. The van der Waals surface area contributed by atoms with Crippen molar-refractivity contribution in [1.82, 2.24) is 9.80 Å². The SMILES string of the molecule is COc1cccc(/C(O)=C2\C(=O)C(=O)N(CCCN3CCOCC3)[C@@H]2c2ccc(Br)cc2)c1. The van der Waals surface area contributed by atoms with Crippen LogP contribution in [-0.4, -0.2) is 73.1 Å². The van der Waals surface area contributed by atoms with E-state index in [1.165, 1.54) is 7.11 Å². The average Bonchev–Trinajstić information content (AvgIpc) is 3.10. The van der Waals surface area contributed by atoms with Gasteiger partial charge in [0.15, 0.2) is 0 Å². The number of Topliss-reactive ketones (excluding diaryl/α,β-unsaturated/α-hetero) is 1. The van der Waals surface area contributed by atoms with E-state index in [1.807, 2.05) is 24.3 Å². The summed E-state index contributed by atoms with van der Waals surface area (Å²) in [7, 11) is 1.54. The molecule has 0 unspecified atom stereocenters. The number of nitrogens with zero attached hydrogens (tertiary/aromatic N) is 2. The molecule has 1 N–H and O–H groups in total. The van der Waals surface area contributed by atoms with Crippen LogP contribution in [0.25, 0.3) is 5.76 Å². The maximum atomic E-state index is 13.1. The molecule has 2 aromatic rings. The van der Waals surface area contributed by atoms with Crippen LogP contribution in [-0.2, 0) is 14.3 Å². The lowest BCUT2D eigenvalue weighted by molar-refractivity contribution is -0.140. The van der Waals surface area contributed by atoms with Gasteiger partial charge in [-0.15, -0.1) is 0 Å². The predicted octanol–water partition coefficient (Wildman–Crippen LogP) is 3.60. The molecular weight excluding hydrogens is 488 g/mol. The summed E-state index contributed by atoms with van der Waals surface area (Å²) < 4.78 is 11.5. The second-order valence-corrected chi connectivity index (χ2v) is 9.00. The van der Waals surface area contributed by atoms with Gasteiger partial charge in [-0.2, -0.15) is 0 Å². The first kappa shape index (κ1) is 23.5. The summed E-state index contributed by atoms with van der Waals surface area (Å²) in [4.78, 5) is 30.1. The highest BCUT2D eigenvalue weighted by atomic mass is 79.9. The van der Waals surface area contributed by atoms with E-state index in [9.17, 15) is 14.7 Å². The zero-order valence-corrected chi connectivity index (χ0v) is 20.1. The summed E-state index contributed by atoms with van der Waals surface area (Å²) in [6.45, 7) is 4.39. The summed E-state index contributed by atoms with van der Waals surface area (Å²) in [5.74, 6) is -0.904. The molecule has 2 aliphatic rings. The van der Waals surface area contributed by atoms with Crippen molar-refractivity contribution in [2.45, 2.75) is 12.5 Å². The van der Waals surface area contributed by atoms with Crippen LogP contribution in [0, 0.1) is 0 Å². The fraction of sp³-hybridized carbons (Fsp3) is 0.360. The van der Waals surface area contributed by atoms with Crippen molar-refractivity contribution in [3.63, 3.8) is 0 Å². The quantitative estimate of drug-likeness (QED) is 0.345. The molecule has 1 amide bonds. The number of methoxy groups -OCH3 is 1. The first-order valence-corrected chi connectivity index (χ1v) is 11.8. The number of aliphatic hydroxyl groups is 1. The second kappa shape index (κ2) is 10.5. The van der Waals surface area contributed by atoms with E-state index >= 15 is 0 Å². The number of carbonyl (C=O) groups is 2. The molecule has 8 heteroatoms. The van der Waals surface area contributed by atoms with E-state index in [0.29, 0.717) is 31.1 Å². The number of ether oxygens (including phenoxy) is 2. The fourth-order valence-electron chi connectivity index (χ4n) is 4.32. The fourth-order valence-corrected chi connectivity index (χ4v) is 4.58. The van der Waals surface area contributed by atoms with Gasteiger partial charge in [0.25, 0.3) is 11.7 Å². The number of likely N-dealkylation sites (tertiary alicyclic amines) is 1. The monoisotopic (exact) mass is 514 g/mol. The number of hydrogen-bond donors (Lipinski definition) is 1. The van der Waals surface area contributed by atoms with E-state index < -0.39 is 17.7 Å². The van der Waals surface area contributed by atoms with Crippen LogP contribution < -0.4 is 4.74 Å². The molecule has 2 aromatic carbocycles. The average molecular weight is 515 g/mol. The number of amides is 1. The molecule has 0 saturated carbocycles. The Morgan fingerprint density at radius 2 is 1.85 bits per heavy atom. The van der Waals surface area contributed by atoms with Crippen molar-refractivity contribution in [2.75, 3.05) is 46.5 Å². The zero-order valence-electron chi connectivity index (χ0n) is 18.5. The Kier molecular flexibility index (Phi) is 7.47. The first-order valence-electron chi connectivity index (χ1n) is 11.0. The molecule has 2 saturated heterocycles. The van der Waals surface area contributed by atoms with E-state index in [2.05, 4.69) is 20.8 Å². The minimum atomic E-state index is -0.672. The number of carbonyl (C=O) groups excluding carboxylic acids is 2. The molecule has 0 aromatic heterocycles. The van der Waals surface area contributed by atoms with Crippen molar-refractivity contribution in [3.8, 4) is 5.75 Å². The predicted molar refractivity (Wildman–Crippen MR) is 128 cm³/mol. The topological polar surface area (TPSA) is 79.3 Å². The summed E-state index contributed by atoms with van der Waals surface area (Å²) in [5.41, 5.74) is 1.30. The summed E-state index contributed by atoms with van der Waals surface area (Å²) in [6.07, 6.45) is 0.721. The molecule has 0 aliphatic carbocycles. The van der Waals surface area contributed by atoms with Crippen molar-refractivity contribution in [2.24, 2.45) is 0 Å². The highest BCUT2D eigenvalue weighted by molar-refractivity contribution is 9.10. The number of halogens is 1. The van der Waals surface area contributed by atoms with Crippen molar-refractivity contribution in [1.29, 1.82) is 0 Å². The highest BCUT2D eigenvalue weighted by Gasteiger charge is 2.45. The molecule has 0 radical (unpaired) electrons. The van der Waals surface area contributed by atoms with Gasteiger partial charge in [-0.05, 0) is 36.2 Å². The molecule has 0 bridgehead atoms. The van der Waals surface area contributed by atoms with E-state index in [-0.39, 0.29) is 11.3 Å². The maximum absolute atomic E-state index is 13.1. The Morgan fingerprint density at radius 3 is 2.55 bits per heavy atom. The van der Waals surface area contributed by atoms with E-state index in [4.69, 9.17) is 9.47 Å². The minimum absolute atomic E-state index is 0.0990. The number of benzene rings is 2. The smallest absolute Gasteiger partial charge is 0.295 e. The van der Waals surface area contributed by atoms with Gasteiger partial charge in [-0.25, -0.2) is 0 Å². The Morgan fingerprint density at radius 1 is 1.12 bits per heavy atom. The summed E-state index contributed by atoms with van der Waals surface area (Å²) in [5, 5.41) is 11.2. The number of aliphatic hydroxyl groups excluding tert-OH is 1. The number of ketones is 1. The van der Waals surface area contributed by atoms with Crippen LogP contribution in [0.15, 0.2) is 58.6 Å². The van der Waals surface area contributed by atoms with Gasteiger partial charge in [0.1, 0.15) is 11.5 Å². The largest absolute Gasteiger partial charge is 0.507 e. The lowest BCUT2D eigenvalue weighted by Crippen LogP contribution is -2.38. The van der Waals surface area contributed by atoms with Crippen molar-refractivity contribution in [3.05, 3.63) is 69.7 Å². The van der Waals surface area contributed by atoms with Gasteiger partial charge in [0.2, 0.25) is 0 Å². The third-order valence-corrected chi connectivity index (χ3v) is 6.57. The van der Waals surface area contributed by atoms with Gasteiger partial charge in [-0.1, -0.05) is 40.2 Å². The molecule has 0 spiro atoms. The van der Waals surface area contributed by atoms with Crippen molar-refractivity contribution >= 4 is 33.4 Å². The Labute approximate surface area is 201 Å². The molecule has 1 atom stereocenters. The van der Waals surface area contributed by atoms with Crippen LogP contribution in [0.2, 0.25) is 0 Å². The normalized spacial score (nSPS) is 20.9. The van der Waals surface area contributed by atoms with Gasteiger partial charge in [0, 0.05) is 36.2 Å². The molecule has 33 heavy (non-hydrogen) atoms. The highest BCUT2D eigenvalue weighted by Crippen LogP contribution is 2.40. The van der Waals surface area contributed by atoms with Crippen LogP contribution in [0.4, 0.5) is 0 Å². The Balaban J connectivity index is 1.67. The maximum Gasteiger partial charge on any atom is 0.295 e. The van der Waals surface area contributed by atoms with Crippen molar-refractivity contribution < 1.29 is 24.2 Å². The van der Waals surface area contributed by atoms with E-state index in [0.717, 1.165) is 36.1 Å². The molecular formula is C25H27BrN2O5. The van der Waals surface area contributed by atoms with Crippen LogP contribution in [0.5, 0.6) is 5.75 Å². The van der Waals surface area contributed by atoms with Gasteiger partial charge >= 0.3 is 0 Å². The van der Waals surface area contributed by atoms with Gasteiger partial charge < -0.3 is 19.5 Å². The second-order valence-electron chi connectivity index (χ2n) is 8.08. The van der Waals surface area contributed by atoms with Gasteiger partial charge in [-0.3, -0.25) is 14.5 Å². The van der Waals surface area contributed by atoms with E-state index in [1.54, 1.807) is 29.2 Å². The lowest BCUT2D eigenvalue weighted by atomic mass is 9.95. The first-order chi connectivity index (χ1) is 16.0. The third-order valence-electron chi connectivity index (χ3n) is 6.05. The zero-order chi connectivity index (χ0) is 23.4. The Hall–Kier alpha value is -2.68. The summed E-state index contributed by atoms with van der Waals surface area (Å²) >= 11 is 3.44.